The van der Waals surface area contributed by atoms with Crippen LogP contribution in [0.1, 0.15) is 48.3 Å². The van der Waals surface area contributed by atoms with E-state index in [4.69, 9.17) is 11.6 Å². The maximum atomic E-state index is 12.7. The molecule has 1 fully saturated rings. The molecule has 0 bridgehead atoms. The number of aryl methyl sites for hydroxylation is 1. The van der Waals surface area contributed by atoms with E-state index in [1.54, 1.807) is 11.8 Å². The van der Waals surface area contributed by atoms with E-state index in [2.05, 4.69) is 76.7 Å². The fourth-order valence-corrected chi connectivity index (χ4v) is 6.47. The van der Waals surface area contributed by atoms with Gasteiger partial charge >= 0.3 is 0 Å². The lowest BCUT2D eigenvalue weighted by atomic mass is 9.90. The number of carbonyl (C=O) groups is 1. The maximum absolute atomic E-state index is 12.7. The molecule has 0 spiro atoms. The van der Waals surface area contributed by atoms with Crippen molar-refractivity contribution < 1.29 is 4.79 Å². The molecule has 168 valence electrons. The second-order valence-corrected chi connectivity index (χ2v) is 11.0. The van der Waals surface area contributed by atoms with Gasteiger partial charge in [0.15, 0.2) is 0 Å². The zero-order valence-corrected chi connectivity index (χ0v) is 21.6. The zero-order chi connectivity index (χ0) is 22.9. The number of thioether (sulfide) groups is 1. The highest BCUT2D eigenvalue weighted by Gasteiger charge is 2.29. The predicted octanol–water partition coefficient (Wildman–Crippen LogP) is 8.56. The minimum Gasteiger partial charge on any atom is -0.324 e. The minimum atomic E-state index is -0.0530. The Morgan fingerprint density at radius 3 is 2.48 bits per heavy atom. The van der Waals surface area contributed by atoms with E-state index in [0.29, 0.717) is 22.4 Å². The molecule has 1 atom stereocenters. The van der Waals surface area contributed by atoms with Gasteiger partial charge in [0.2, 0.25) is 5.91 Å². The van der Waals surface area contributed by atoms with Gasteiger partial charge in [-0.3, -0.25) is 4.79 Å². The van der Waals surface area contributed by atoms with Crippen LogP contribution in [0.25, 0.3) is 10.8 Å². The number of carbonyl (C=O) groups excluding carboxylic acids is 1. The topological polar surface area (TPSA) is 29.1 Å². The maximum Gasteiger partial charge on any atom is 0.234 e. The van der Waals surface area contributed by atoms with Crippen molar-refractivity contribution in [3.8, 4) is 0 Å². The second kappa shape index (κ2) is 9.69. The number of hydrogen-bond donors (Lipinski definition) is 1. The van der Waals surface area contributed by atoms with Crippen molar-refractivity contribution >= 4 is 61.7 Å². The van der Waals surface area contributed by atoms with Crippen LogP contribution in [0, 0.1) is 0 Å². The van der Waals surface area contributed by atoms with E-state index in [0.717, 1.165) is 16.5 Å². The Morgan fingerprint density at radius 2 is 1.79 bits per heavy atom. The van der Waals surface area contributed by atoms with Crippen LogP contribution in [0.15, 0.2) is 76.1 Å². The van der Waals surface area contributed by atoms with Crippen LogP contribution in [0.3, 0.4) is 0 Å². The molecule has 2 aliphatic carbocycles. The fraction of sp³-hybridized carbons (Fsp3) is 0.250. The second-order valence-electron chi connectivity index (χ2n) is 8.62. The molecular weight excluding hydrogens is 514 g/mol. The van der Waals surface area contributed by atoms with Crippen LogP contribution in [-0.4, -0.2) is 11.7 Å². The quantitative estimate of drug-likeness (QED) is 0.326. The molecule has 2 nitrogen and oxygen atoms in total. The Kier molecular flexibility index (Phi) is 6.69. The van der Waals surface area contributed by atoms with Crippen molar-refractivity contribution in [1.29, 1.82) is 0 Å². The number of hydrogen-bond acceptors (Lipinski definition) is 2. The summed E-state index contributed by atoms with van der Waals surface area (Å²) in [6, 6.07) is 19.1. The molecule has 3 aromatic carbocycles. The van der Waals surface area contributed by atoms with Gasteiger partial charge in [0.25, 0.3) is 0 Å². The molecule has 1 N–H and O–H groups in total. The smallest absolute Gasteiger partial charge is 0.234 e. The number of halogens is 2. The Labute approximate surface area is 212 Å². The monoisotopic (exact) mass is 537 g/mol. The molecular formula is C28H25BrClNOS. The first-order valence-electron chi connectivity index (χ1n) is 11.3. The first-order chi connectivity index (χ1) is 16.0. The number of fused-ring (bicyclic) bond motifs is 1. The highest BCUT2D eigenvalue weighted by atomic mass is 79.9. The average molecular weight is 539 g/mol. The van der Waals surface area contributed by atoms with Gasteiger partial charge in [-0.1, -0.05) is 89.1 Å². The first-order valence-corrected chi connectivity index (χ1v) is 13.5. The summed E-state index contributed by atoms with van der Waals surface area (Å²) in [5.41, 5.74) is 4.57. The van der Waals surface area contributed by atoms with Crippen molar-refractivity contribution in [2.45, 2.75) is 38.0 Å². The van der Waals surface area contributed by atoms with Gasteiger partial charge < -0.3 is 5.32 Å². The van der Waals surface area contributed by atoms with E-state index in [9.17, 15) is 4.79 Å². The molecule has 33 heavy (non-hydrogen) atoms. The summed E-state index contributed by atoms with van der Waals surface area (Å²) in [6.07, 6.45) is 7.72. The predicted molar refractivity (Wildman–Crippen MR) is 146 cm³/mol. The number of benzene rings is 3. The Hall–Kier alpha value is -2.01. The van der Waals surface area contributed by atoms with Gasteiger partial charge in [-0.15, -0.1) is 11.8 Å². The Balaban J connectivity index is 1.33. The van der Waals surface area contributed by atoms with E-state index in [1.807, 2.05) is 18.2 Å². The molecule has 0 radical (unpaired) electrons. The largest absolute Gasteiger partial charge is 0.324 e. The fourth-order valence-electron chi connectivity index (χ4n) is 4.49. The third-order valence-electron chi connectivity index (χ3n) is 6.37. The summed E-state index contributed by atoms with van der Waals surface area (Å²) in [4.78, 5) is 13.9. The molecule has 2 aliphatic rings. The van der Waals surface area contributed by atoms with Crippen LogP contribution in [0.4, 0.5) is 5.69 Å². The van der Waals surface area contributed by atoms with Crippen molar-refractivity contribution in [3.05, 3.63) is 97.8 Å². The molecule has 1 saturated carbocycles. The summed E-state index contributed by atoms with van der Waals surface area (Å²) < 4.78 is 1.13. The van der Waals surface area contributed by atoms with Gasteiger partial charge in [-0.05, 0) is 69.7 Å². The van der Waals surface area contributed by atoms with Crippen LogP contribution in [0.5, 0.6) is 0 Å². The number of amides is 1. The number of rotatable bonds is 7. The van der Waals surface area contributed by atoms with Crippen LogP contribution in [-0.2, 0) is 11.2 Å². The molecule has 0 aromatic heterocycles. The summed E-state index contributed by atoms with van der Waals surface area (Å²) in [5.74, 6) is 1.11. The lowest BCUT2D eigenvalue weighted by molar-refractivity contribution is -0.113. The normalized spacial score (nSPS) is 17.7. The highest BCUT2D eigenvalue weighted by molar-refractivity contribution is 9.11. The number of nitrogens with one attached hydrogen (secondary N) is 1. The summed E-state index contributed by atoms with van der Waals surface area (Å²) in [7, 11) is 0. The third-order valence-corrected chi connectivity index (χ3v) is 8.52. The van der Waals surface area contributed by atoms with E-state index in [1.165, 1.54) is 39.6 Å². The SMILES string of the molecule is CCc1ccc(NC(=O)CSC2=CC=C(Br)C2c2ccc(C3CC3)c3ccccc23)c(Cl)c1. The highest BCUT2D eigenvalue weighted by Crippen LogP contribution is 2.49. The van der Waals surface area contributed by atoms with Crippen LogP contribution < -0.4 is 5.32 Å². The Bertz CT molecular complexity index is 1290. The average Bonchev–Trinajstić information content (AvgIpc) is 3.61. The minimum absolute atomic E-state index is 0.0530. The van der Waals surface area contributed by atoms with Crippen LogP contribution >= 0.6 is 39.3 Å². The lowest BCUT2D eigenvalue weighted by Gasteiger charge is -2.20. The molecule has 0 saturated heterocycles. The van der Waals surface area contributed by atoms with E-state index < -0.39 is 0 Å². The van der Waals surface area contributed by atoms with Gasteiger partial charge in [0.05, 0.1) is 16.5 Å². The lowest BCUT2D eigenvalue weighted by Crippen LogP contribution is -2.15. The molecule has 0 aliphatic heterocycles. The number of allylic oxidation sites excluding steroid dienone is 4. The van der Waals surface area contributed by atoms with Crippen molar-refractivity contribution in [1.82, 2.24) is 0 Å². The summed E-state index contributed by atoms with van der Waals surface area (Å²) in [6.45, 7) is 2.08. The zero-order valence-electron chi connectivity index (χ0n) is 18.4. The molecule has 5 rings (SSSR count). The third kappa shape index (κ3) is 4.80. The van der Waals surface area contributed by atoms with Crippen LogP contribution in [0.2, 0.25) is 5.02 Å². The molecule has 5 heteroatoms. The van der Waals surface area contributed by atoms with E-state index in [-0.39, 0.29) is 11.8 Å². The summed E-state index contributed by atoms with van der Waals surface area (Å²) in [5, 5.41) is 6.20. The van der Waals surface area contributed by atoms with Crippen molar-refractivity contribution in [2.75, 3.05) is 11.1 Å². The molecule has 0 heterocycles. The molecule has 3 aromatic rings. The van der Waals surface area contributed by atoms with Gasteiger partial charge in [-0.2, -0.15) is 0 Å². The first kappa shape index (κ1) is 22.8. The summed E-state index contributed by atoms with van der Waals surface area (Å²) >= 11 is 11.7. The van der Waals surface area contributed by atoms with Gasteiger partial charge in [0, 0.05) is 10.4 Å². The Morgan fingerprint density at radius 1 is 1.06 bits per heavy atom. The van der Waals surface area contributed by atoms with Crippen molar-refractivity contribution in [2.24, 2.45) is 0 Å². The van der Waals surface area contributed by atoms with E-state index >= 15 is 0 Å². The van der Waals surface area contributed by atoms with Gasteiger partial charge in [0.1, 0.15) is 0 Å². The standard InChI is InChI=1S/C28H25BrClNOS/c1-2-17-7-13-25(24(30)15-17)31-27(32)16-33-26-14-12-23(29)28(26)22-11-10-19(18-8-9-18)20-5-3-4-6-21(20)22/h3-7,10-15,18,28H,2,8-9,16H2,1H3,(H,31,32). The molecule has 1 unspecified atom stereocenters. The van der Waals surface area contributed by atoms with Crippen molar-refractivity contribution in [3.63, 3.8) is 0 Å². The molecule has 1 amide bonds. The number of anilines is 1. The van der Waals surface area contributed by atoms with Gasteiger partial charge in [-0.25, -0.2) is 0 Å².